The van der Waals surface area contributed by atoms with Gasteiger partial charge in [0.15, 0.2) is 11.6 Å². The smallest absolute Gasteiger partial charge is 0.227 e. The van der Waals surface area contributed by atoms with Gasteiger partial charge in [-0.3, -0.25) is 4.79 Å². The second-order valence-corrected chi connectivity index (χ2v) is 4.86. The molecule has 0 spiro atoms. The second-order valence-electron chi connectivity index (χ2n) is 4.86. The van der Waals surface area contributed by atoms with Crippen LogP contribution in [0.5, 0.6) is 5.75 Å². The summed E-state index contributed by atoms with van der Waals surface area (Å²) in [4.78, 5) is 11.9. The van der Waals surface area contributed by atoms with Gasteiger partial charge in [-0.15, -0.1) is 0 Å². The lowest BCUT2D eigenvalue weighted by Gasteiger charge is -2.13. The van der Waals surface area contributed by atoms with Gasteiger partial charge in [-0.2, -0.15) is 0 Å². The first-order valence-corrected chi connectivity index (χ1v) is 6.51. The van der Waals surface area contributed by atoms with Crippen molar-refractivity contribution in [1.82, 2.24) is 5.32 Å². The first-order valence-electron chi connectivity index (χ1n) is 6.51. The fourth-order valence-corrected chi connectivity index (χ4v) is 1.97. The number of carbonyl (C=O) groups excluding carboxylic acids is 1. The summed E-state index contributed by atoms with van der Waals surface area (Å²) in [6.07, 6.45) is 1.68. The number of nitrogens with one attached hydrogen (secondary N) is 1. The van der Waals surface area contributed by atoms with Gasteiger partial charge in [-0.05, 0) is 37.5 Å². The highest BCUT2D eigenvalue weighted by Gasteiger charge is 2.48. The lowest BCUT2D eigenvalue weighted by atomic mass is 10.1. The minimum Gasteiger partial charge on any atom is -0.491 e. The van der Waals surface area contributed by atoms with Crippen LogP contribution in [-0.4, -0.2) is 19.1 Å². The molecular formula is C14H19FN2O2. The standard InChI is InChI=1S/C14H19FN2O2/c1-2-19-12-4-3-10(7-11(12)15)8-17-13(18)14(9-16)5-6-14/h3-4,7H,2,5-6,8-9,16H2,1H3,(H,17,18). The lowest BCUT2D eigenvalue weighted by Crippen LogP contribution is -2.36. The van der Waals surface area contributed by atoms with Gasteiger partial charge >= 0.3 is 0 Å². The molecule has 2 rings (SSSR count). The van der Waals surface area contributed by atoms with Crippen LogP contribution in [0.1, 0.15) is 25.3 Å². The zero-order valence-electron chi connectivity index (χ0n) is 11.0. The maximum atomic E-state index is 13.6. The van der Waals surface area contributed by atoms with Crippen molar-refractivity contribution < 1.29 is 13.9 Å². The van der Waals surface area contributed by atoms with Gasteiger partial charge in [-0.25, -0.2) is 4.39 Å². The fraction of sp³-hybridized carbons (Fsp3) is 0.500. The summed E-state index contributed by atoms with van der Waals surface area (Å²) < 4.78 is 18.7. The van der Waals surface area contributed by atoms with Crippen molar-refractivity contribution in [2.75, 3.05) is 13.2 Å². The molecule has 1 aromatic rings. The average molecular weight is 266 g/mol. The van der Waals surface area contributed by atoms with Gasteiger partial charge in [0.25, 0.3) is 0 Å². The molecule has 4 nitrogen and oxygen atoms in total. The highest BCUT2D eigenvalue weighted by molar-refractivity contribution is 5.85. The van der Waals surface area contributed by atoms with Gasteiger partial charge in [-0.1, -0.05) is 6.07 Å². The third-order valence-corrected chi connectivity index (χ3v) is 3.48. The fourth-order valence-electron chi connectivity index (χ4n) is 1.97. The summed E-state index contributed by atoms with van der Waals surface area (Å²) in [5, 5.41) is 2.80. The molecule has 0 saturated heterocycles. The molecule has 1 saturated carbocycles. The van der Waals surface area contributed by atoms with Crippen molar-refractivity contribution in [2.24, 2.45) is 11.1 Å². The van der Waals surface area contributed by atoms with E-state index < -0.39 is 5.82 Å². The molecule has 104 valence electrons. The summed E-state index contributed by atoms with van der Waals surface area (Å²) in [7, 11) is 0. The Labute approximate surface area is 112 Å². The van der Waals surface area contributed by atoms with E-state index >= 15 is 0 Å². The van der Waals surface area contributed by atoms with E-state index in [1.807, 2.05) is 0 Å². The van der Waals surface area contributed by atoms with Crippen molar-refractivity contribution in [2.45, 2.75) is 26.3 Å². The minimum absolute atomic E-state index is 0.0377. The quantitative estimate of drug-likeness (QED) is 0.821. The molecule has 0 bridgehead atoms. The predicted octanol–water partition coefficient (Wildman–Crippen LogP) is 1.58. The highest BCUT2D eigenvalue weighted by Crippen LogP contribution is 2.44. The second kappa shape index (κ2) is 5.57. The zero-order valence-corrected chi connectivity index (χ0v) is 11.0. The normalized spacial score (nSPS) is 15.9. The molecular weight excluding hydrogens is 247 g/mol. The maximum Gasteiger partial charge on any atom is 0.227 e. The predicted molar refractivity (Wildman–Crippen MR) is 70.1 cm³/mol. The van der Waals surface area contributed by atoms with E-state index in [0.717, 1.165) is 12.8 Å². The summed E-state index contributed by atoms with van der Waals surface area (Å²) in [6, 6.07) is 4.71. The van der Waals surface area contributed by atoms with Crippen LogP contribution in [-0.2, 0) is 11.3 Å². The number of benzene rings is 1. The molecule has 0 radical (unpaired) electrons. The Morgan fingerprint density at radius 3 is 2.79 bits per heavy atom. The van der Waals surface area contributed by atoms with E-state index in [9.17, 15) is 9.18 Å². The van der Waals surface area contributed by atoms with Crippen molar-refractivity contribution in [3.63, 3.8) is 0 Å². The summed E-state index contributed by atoms with van der Waals surface area (Å²) in [5.74, 6) is -0.212. The molecule has 1 aromatic carbocycles. The maximum absolute atomic E-state index is 13.6. The van der Waals surface area contributed by atoms with Gasteiger partial charge < -0.3 is 15.8 Å². The summed E-state index contributed by atoms with van der Waals surface area (Å²) >= 11 is 0. The molecule has 1 amide bonds. The molecule has 1 aliphatic carbocycles. The van der Waals surface area contributed by atoms with Crippen LogP contribution in [0.25, 0.3) is 0 Å². The van der Waals surface area contributed by atoms with E-state index in [4.69, 9.17) is 10.5 Å². The molecule has 0 atom stereocenters. The SMILES string of the molecule is CCOc1ccc(CNC(=O)C2(CN)CC2)cc1F. The third kappa shape index (κ3) is 3.04. The Balaban J connectivity index is 1.93. The number of amides is 1. The van der Waals surface area contributed by atoms with Crippen LogP contribution in [0, 0.1) is 11.2 Å². The van der Waals surface area contributed by atoms with Crippen LogP contribution in [0.3, 0.4) is 0 Å². The van der Waals surface area contributed by atoms with Crippen LogP contribution in [0.15, 0.2) is 18.2 Å². The van der Waals surface area contributed by atoms with Gasteiger partial charge in [0.1, 0.15) is 0 Å². The van der Waals surface area contributed by atoms with Crippen molar-refractivity contribution in [3.8, 4) is 5.75 Å². The number of hydrogen-bond donors (Lipinski definition) is 2. The minimum atomic E-state index is -0.409. The third-order valence-electron chi connectivity index (χ3n) is 3.48. The molecule has 3 N–H and O–H groups in total. The summed E-state index contributed by atoms with van der Waals surface area (Å²) in [6.45, 7) is 2.90. The first-order chi connectivity index (χ1) is 9.11. The Hall–Kier alpha value is -1.62. The van der Waals surface area contributed by atoms with Crippen LogP contribution in [0.2, 0.25) is 0 Å². The van der Waals surface area contributed by atoms with E-state index in [0.29, 0.717) is 25.3 Å². The zero-order chi connectivity index (χ0) is 13.9. The van der Waals surface area contributed by atoms with Gasteiger partial charge in [0.05, 0.1) is 12.0 Å². The van der Waals surface area contributed by atoms with E-state index in [1.165, 1.54) is 6.07 Å². The first kappa shape index (κ1) is 13.8. The van der Waals surface area contributed by atoms with E-state index in [-0.39, 0.29) is 17.1 Å². The Morgan fingerprint density at radius 1 is 1.53 bits per heavy atom. The molecule has 0 heterocycles. The van der Waals surface area contributed by atoms with Crippen molar-refractivity contribution >= 4 is 5.91 Å². The molecule has 0 aromatic heterocycles. The van der Waals surface area contributed by atoms with Crippen LogP contribution < -0.4 is 15.8 Å². The van der Waals surface area contributed by atoms with Gasteiger partial charge in [0.2, 0.25) is 5.91 Å². The molecule has 5 heteroatoms. The monoisotopic (exact) mass is 266 g/mol. The molecule has 1 fully saturated rings. The topological polar surface area (TPSA) is 64.3 Å². The van der Waals surface area contributed by atoms with Crippen LogP contribution in [0.4, 0.5) is 4.39 Å². The number of halogens is 1. The number of hydrogen-bond acceptors (Lipinski definition) is 3. The number of nitrogens with two attached hydrogens (primary N) is 1. The highest BCUT2D eigenvalue weighted by atomic mass is 19.1. The number of carbonyl (C=O) groups is 1. The molecule has 19 heavy (non-hydrogen) atoms. The van der Waals surface area contributed by atoms with Gasteiger partial charge in [0, 0.05) is 13.1 Å². The Bertz CT molecular complexity index is 473. The van der Waals surface area contributed by atoms with E-state index in [1.54, 1.807) is 19.1 Å². The van der Waals surface area contributed by atoms with Crippen LogP contribution >= 0.6 is 0 Å². The van der Waals surface area contributed by atoms with E-state index in [2.05, 4.69) is 5.32 Å². The Morgan fingerprint density at radius 2 is 2.26 bits per heavy atom. The number of ether oxygens (including phenoxy) is 1. The molecule has 0 unspecified atom stereocenters. The van der Waals surface area contributed by atoms with Crippen molar-refractivity contribution in [3.05, 3.63) is 29.6 Å². The van der Waals surface area contributed by atoms with Crippen molar-refractivity contribution in [1.29, 1.82) is 0 Å². The molecule has 1 aliphatic rings. The number of rotatable bonds is 6. The Kier molecular flexibility index (Phi) is 4.04. The average Bonchev–Trinajstić information content (AvgIpc) is 3.20. The molecule has 0 aliphatic heterocycles. The largest absolute Gasteiger partial charge is 0.491 e. The summed E-state index contributed by atoms with van der Waals surface area (Å²) in [5.41, 5.74) is 5.92. The lowest BCUT2D eigenvalue weighted by molar-refractivity contribution is -0.126.